The third-order valence-electron chi connectivity index (χ3n) is 5.06. The molecule has 0 aliphatic heterocycles. The van der Waals surface area contributed by atoms with Gasteiger partial charge in [-0.05, 0) is 38.5 Å². The van der Waals surface area contributed by atoms with E-state index in [-0.39, 0.29) is 11.8 Å². The minimum Gasteiger partial charge on any atom is -0.323 e. The molecule has 0 aromatic carbocycles. The van der Waals surface area contributed by atoms with Crippen molar-refractivity contribution in [2.24, 2.45) is 27.8 Å². The van der Waals surface area contributed by atoms with Gasteiger partial charge in [-0.3, -0.25) is 9.79 Å². The first-order valence-corrected chi connectivity index (χ1v) is 13.2. The predicted octanol–water partition coefficient (Wildman–Crippen LogP) is 7.55. The second-order valence-electron chi connectivity index (χ2n) is 8.45. The predicted molar refractivity (Wildman–Crippen MR) is 143 cm³/mol. The number of nitrogens with two attached hydrogens (primary N) is 1. The second-order valence-corrected chi connectivity index (χ2v) is 8.45. The van der Waals surface area contributed by atoms with Crippen molar-refractivity contribution in [3.8, 4) is 0 Å². The molecule has 0 unspecified atom stereocenters. The maximum atomic E-state index is 10.7. The number of hydrogen-bond donors (Lipinski definition) is 1. The highest BCUT2D eigenvalue weighted by molar-refractivity contribution is 6.30. The van der Waals surface area contributed by atoms with Crippen molar-refractivity contribution >= 4 is 24.0 Å². The molecule has 0 radical (unpaired) electrons. The van der Waals surface area contributed by atoms with Crippen molar-refractivity contribution in [2.45, 2.75) is 138 Å². The number of carbonyl (C=O) groups excluding carboxylic acids is 2. The van der Waals surface area contributed by atoms with Crippen LogP contribution in [0.25, 0.3) is 0 Å². The molecule has 5 heteroatoms. The summed E-state index contributed by atoms with van der Waals surface area (Å²) in [5.41, 5.74) is 0.902. The fourth-order valence-corrected chi connectivity index (χ4v) is 3.06. The van der Waals surface area contributed by atoms with Crippen LogP contribution < -0.4 is 5.84 Å². The summed E-state index contributed by atoms with van der Waals surface area (Å²) in [4.78, 5) is 25.8. The highest BCUT2D eigenvalue weighted by Gasteiger charge is 2.19. The zero-order chi connectivity index (χ0) is 25.2. The average Bonchev–Trinajstić information content (AvgIpc) is 2.82. The van der Waals surface area contributed by atoms with Crippen LogP contribution in [-0.4, -0.2) is 30.0 Å². The van der Waals surface area contributed by atoms with Crippen molar-refractivity contribution in [3.63, 3.8) is 0 Å². The first-order chi connectivity index (χ1) is 15.4. The summed E-state index contributed by atoms with van der Waals surface area (Å²) >= 11 is 0. The van der Waals surface area contributed by atoms with Gasteiger partial charge in [-0.15, -0.1) is 0 Å². The molecular weight excluding hydrogens is 398 g/mol. The molecule has 1 aliphatic rings. The van der Waals surface area contributed by atoms with E-state index in [1.165, 1.54) is 32.1 Å². The molecule has 0 aromatic rings. The molecule has 5 nitrogen and oxygen atoms in total. The van der Waals surface area contributed by atoms with E-state index in [0.29, 0.717) is 18.2 Å². The standard InChI is InChI=1S/C16H29N3O.C6H12O.C3H8.C2H6/c1-2-3-4-5-6-7-16(19-17)12-18-15-10-8-14(13-20)9-11-15;1-4-6(7)5(2)3;1-3-2;1-2/h12-15H,2-11,17H2,1H3;5H,4H2,1-3H3;3H2,1-2H3;1-2H3/b18-12?,19-16-;;;. The van der Waals surface area contributed by atoms with Gasteiger partial charge in [-0.25, -0.2) is 0 Å². The number of aliphatic imine (C=N–C) groups is 1. The Kier molecular flexibility index (Phi) is 30.2. The maximum absolute atomic E-state index is 10.7. The van der Waals surface area contributed by atoms with E-state index >= 15 is 0 Å². The van der Waals surface area contributed by atoms with Crippen LogP contribution in [0.5, 0.6) is 0 Å². The van der Waals surface area contributed by atoms with Crippen LogP contribution in [0.2, 0.25) is 0 Å². The monoisotopic (exact) mass is 453 g/mol. The molecule has 0 spiro atoms. The van der Waals surface area contributed by atoms with Crippen molar-refractivity contribution in [2.75, 3.05) is 0 Å². The first-order valence-electron chi connectivity index (χ1n) is 13.2. The van der Waals surface area contributed by atoms with Gasteiger partial charge in [0, 0.05) is 24.5 Å². The SMILES string of the molecule is CC.CCC.CCC(=O)C(C)C.CCCCCCC/C(C=NC1CCC(C=O)CC1)=N/N. The minimum atomic E-state index is 0.227. The van der Waals surface area contributed by atoms with Crippen molar-refractivity contribution in [1.82, 2.24) is 0 Å². The number of hydrogen-bond acceptors (Lipinski definition) is 5. The first kappa shape index (κ1) is 35.1. The van der Waals surface area contributed by atoms with Gasteiger partial charge in [0.15, 0.2) is 0 Å². The lowest BCUT2D eigenvalue weighted by Gasteiger charge is -2.22. The Bertz CT molecular complexity index is 466. The topological polar surface area (TPSA) is 84.9 Å². The molecule has 0 amide bonds. The van der Waals surface area contributed by atoms with Crippen molar-refractivity contribution in [3.05, 3.63) is 0 Å². The lowest BCUT2D eigenvalue weighted by molar-refractivity contribution is -0.121. The molecule has 0 aromatic heterocycles. The van der Waals surface area contributed by atoms with Crippen LogP contribution in [0, 0.1) is 11.8 Å². The van der Waals surface area contributed by atoms with Gasteiger partial charge in [0.25, 0.3) is 0 Å². The third kappa shape index (κ3) is 23.1. The third-order valence-corrected chi connectivity index (χ3v) is 5.06. The molecule has 0 saturated heterocycles. The quantitative estimate of drug-likeness (QED) is 0.115. The number of unbranched alkanes of at least 4 members (excludes halogenated alkanes) is 4. The summed E-state index contributed by atoms with van der Waals surface area (Å²) in [6.07, 6.45) is 16.0. The van der Waals surface area contributed by atoms with E-state index < -0.39 is 0 Å². The van der Waals surface area contributed by atoms with E-state index in [0.717, 1.165) is 50.5 Å². The second kappa shape index (κ2) is 27.5. The van der Waals surface area contributed by atoms with Gasteiger partial charge in [0.2, 0.25) is 0 Å². The van der Waals surface area contributed by atoms with Crippen LogP contribution >= 0.6 is 0 Å². The summed E-state index contributed by atoms with van der Waals surface area (Å²) in [7, 11) is 0. The van der Waals surface area contributed by atoms with Gasteiger partial charge in [0.05, 0.1) is 11.8 Å². The minimum absolute atomic E-state index is 0.227. The zero-order valence-electron chi connectivity index (χ0n) is 22.7. The van der Waals surface area contributed by atoms with Gasteiger partial charge < -0.3 is 10.6 Å². The summed E-state index contributed by atoms with van der Waals surface area (Å²) in [5.74, 6) is 6.25. The fraction of sp³-hybridized carbons (Fsp3) is 0.852. The van der Waals surface area contributed by atoms with Gasteiger partial charge in [-0.1, -0.05) is 87.5 Å². The number of rotatable bonds is 11. The molecule has 2 N–H and O–H groups in total. The average molecular weight is 454 g/mol. The number of nitrogens with zero attached hydrogens (tertiary/aromatic N) is 2. The normalized spacial score (nSPS) is 18.0. The number of ketones is 1. The fourth-order valence-electron chi connectivity index (χ4n) is 3.06. The Labute approximate surface area is 200 Å². The molecule has 1 fully saturated rings. The highest BCUT2D eigenvalue weighted by Crippen LogP contribution is 2.24. The summed E-state index contributed by atoms with van der Waals surface area (Å²) in [6, 6.07) is 0.350. The van der Waals surface area contributed by atoms with Crippen molar-refractivity contribution < 1.29 is 9.59 Å². The number of aldehydes is 1. The highest BCUT2D eigenvalue weighted by atomic mass is 16.1. The Hall–Kier alpha value is -1.52. The molecule has 0 atom stereocenters. The Morgan fingerprint density at radius 2 is 1.50 bits per heavy atom. The van der Waals surface area contributed by atoms with Crippen molar-refractivity contribution in [1.29, 1.82) is 0 Å². The van der Waals surface area contributed by atoms with Crippen LogP contribution in [0.1, 0.15) is 132 Å². The van der Waals surface area contributed by atoms with E-state index in [4.69, 9.17) is 5.84 Å². The van der Waals surface area contributed by atoms with Gasteiger partial charge >= 0.3 is 0 Å². The van der Waals surface area contributed by atoms with Gasteiger partial charge in [0.1, 0.15) is 12.1 Å². The van der Waals surface area contributed by atoms with E-state index in [9.17, 15) is 9.59 Å². The Morgan fingerprint density at radius 3 is 1.88 bits per heavy atom. The number of hydrazone groups is 1. The summed E-state index contributed by atoms with van der Waals surface area (Å²) in [6.45, 7) is 16.2. The van der Waals surface area contributed by atoms with Crippen LogP contribution in [0.15, 0.2) is 10.1 Å². The summed E-state index contributed by atoms with van der Waals surface area (Å²) < 4.78 is 0. The zero-order valence-corrected chi connectivity index (χ0v) is 22.7. The molecule has 1 aliphatic carbocycles. The summed E-state index contributed by atoms with van der Waals surface area (Å²) in [5, 5.41) is 3.83. The van der Waals surface area contributed by atoms with Crippen LogP contribution in [0.4, 0.5) is 0 Å². The molecule has 190 valence electrons. The molecule has 0 bridgehead atoms. The lowest BCUT2D eigenvalue weighted by atomic mass is 9.87. The number of carbonyl (C=O) groups is 2. The van der Waals surface area contributed by atoms with Gasteiger partial charge in [-0.2, -0.15) is 5.10 Å². The van der Waals surface area contributed by atoms with Crippen LogP contribution in [0.3, 0.4) is 0 Å². The molecule has 0 heterocycles. The smallest absolute Gasteiger partial charge is 0.135 e. The van der Waals surface area contributed by atoms with E-state index in [1.54, 1.807) is 0 Å². The molecule has 1 saturated carbocycles. The number of Topliss-reactive ketones (excluding diaryl/α,β-unsaturated/α-hetero) is 1. The molecular formula is C27H55N3O2. The maximum Gasteiger partial charge on any atom is 0.135 e. The van der Waals surface area contributed by atoms with E-state index in [1.807, 2.05) is 40.8 Å². The Morgan fingerprint density at radius 1 is 0.969 bits per heavy atom. The van der Waals surface area contributed by atoms with E-state index in [2.05, 4.69) is 30.9 Å². The lowest BCUT2D eigenvalue weighted by Crippen LogP contribution is -2.19. The Balaban J connectivity index is -0.000000583. The molecule has 1 rings (SSSR count). The molecule has 32 heavy (non-hydrogen) atoms. The van der Waals surface area contributed by atoms with Crippen LogP contribution in [-0.2, 0) is 9.59 Å². The largest absolute Gasteiger partial charge is 0.323 e.